The summed E-state index contributed by atoms with van der Waals surface area (Å²) in [4.78, 5) is 23.9. The zero-order valence-electron chi connectivity index (χ0n) is 12.6. The Labute approximate surface area is 125 Å². The number of benzene rings is 1. The lowest BCUT2D eigenvalue weighted by Crippen LogP contribution is -2.30. The number of anilines is 1. The summed E-state index contributed by atoms with van der Waals surface area (Å²) in [7, 11) is 1.34. The van der Waals surface area contributed by atoms with Crippen molar-refractivity contribution in [3.63, 3.8) is 0 Å². The second kappa shape index (κ2) is 7.22. The Morgan fingerprint density at radius 2 is 2.05 bits per heavy atom. The van der Waals surface area contributed by atoms with Crippen molar-refractivity contribution < 1.29 is 14.3 Å². The van der Waals surface area contributed by atoms with Gasteiger partial charge in [-0.25, -0.2) is 4.79 Å². The normalized spacial score (nSPS) is 15.5. The van der Waals surface area contributed by atoms with Gasteiger partial charge in [0.1, 0.15) is 0 Å². The molecule has 1 heterocycles. The molecule has 1 amide bonds. The smallest absolute Gasteiger partial charge is 0.339 e. The first-order chi connectivity index (χ1) is 10.1. The average Bonchev–Trinajstić information content (AvgIpc) is 2.49. The number of nitrogens with one attached hydrogen (secondary N) is 2. The molecule has 0 atom stereocenters. The number of piperidine rings is 1. The molecular weight excluding hydrogens is 268 g/mol. The molecule has 1 aliphatic heterocycles. The molecule has 5 nitrogen and oxygen atoms in total. The van der Waals surface area contributed by atoms with Gasteiger partial charge in [-0.3, -0.25) is 4.79 Å². The third-order valence-corrected chi connectivity index (χ3v) is 3.79. The van der Waals surface area contributed by atoms with Gasteiger partial charge in [0.05, 0.1) is 18.4 Å². The Bertz CT molecular complexity index is 522. The van der Waals surface area contributed by atoms with E-state index in [-0.39, 0.29) is 5.91 Å². The Kier molecular flexibility index (Phi) is 5.33. The van der Waals surface area contributed by atoms with Gasteiger partial charge in [0.15, 0.2) is 0 Å². The molecule has 2 rings (SSSR count). The van der Waals surface area contributed by atoms with Gasteiger partial charge in [-0.05, 0) is 50.9 Å². The van der Waals surface area contributed by atoms with E-state index in [2.05, 4.69) is 10.6 Å². The molecule has 0 saturated carbocycles. The van der Waals surface area contributed by atoms with Crippen molar-refractivity contribution >= 4 is 17.6 Å². The van der Waals surface area contributed by atoms with E-state index in [4.69, 9.17) is 4.74 Å². The monoisotopic (exact) mass is 290 g/mol. The molecule has 0 unspecified atom stereocenters. The van der Waals surface area contributed by atoms with E-state index >= 15 is 0 Å². The highest BCUT2D eigenvalue weighted by Crippen LogP contribution is 2.21. The number of rotatable bonds is 4. The lowest BCUT2D eigenvalue weighted by atomic mass is 9.94. The van der Waals surface area contributed by atoms with Crippen LogP contribution in [-0.2, 0) is 9.53 Å². The second-order valence-corrected chi connectivity index (χ2v) is 5.49. The lowest BCUT2D eigenvalue weighted by molar-refractivity contribution is -0.117. The number of esters is 1. The van der Waals surface area contributed by atoms with Crippen LogP contribution in [0.3, 0.4) is 0 Å². The SMILES string of the molecule is COC(=O)c1cc(C)ccc1NC(=O)CC1CCNCC1. The predicted molar refractivity (Wildman–Crippen MR) is 81.4 cm³/mol. The maximum absolute atomic E-state index is 12.1. The first kappa shape index (κ1) is 15.5. The maximum atomic E-state index is 12.1. The van der Waals surface area contributed by atoms with Crippen LogP contribution >= 0.6 is 0 Å². The van der Waals surface area contributed by atoms with Crippen LogP contribution in [0.25, 0.3) is 0 Å². The highest BCUT2D eigenvalue weighted by molar-refractivity contribution is 6.01. The lowest BCUT2D eigenvalue weighted by Gasteiger charge is -2.22. The summed E-state index contributed by atoms with van der Waals surface area (Å²) in [6, 6.07) is 5.35. The molecule has 0 bridgehead atoms. The number of aryl methyl sites for hydroxylation is 1. The maximum Gasteiger partial charge on any atom is 0.339 e. The Hall–Kier alpha value is -1.88. The fraction of sp³-hybridized carbons (Fsp3) is 0.500. The molecule has 0 aromatic heterocycles. The van der Waals surface area contributed by atoms with Crippen molar-refractivity contribution in [3.8, 4) is 0 Å². The molecule has 0 radical (unpaired) electrons. The van der Waals surface area contributed by atoms with Crippen LogP contribution in [0, 0.1) is 12.8 Å². The molecule has 1 aliphatic rings. The third kappa shape index (κ3) is 4.29. The molecule has 1 saturated heterocycles. The van der Waals surface area contributed by atoms with Crippen molar-refractivity contribution in [2.45, 2.75) is 26.2 Å². The number of carbonyl (C=O) groups is 2. The first-order valence-corrected chi connectivity index (χ1v) is 7.29. The summed E-state index contributed by atoms with van der Waals surface area (Å²) >= 11 is 0. The standard InChI is InChI=1S/C16H22N2O3/c1-11-3-4-14(13(9-11)16(20)21-2)18-15(19)10-12-5-7-17-8-6-12/h3-4,9,12,17H,5-8,10H2,1-2H3,(H,18,19). The molecule has 2 N–H and O–H groups in total. The molecule has 5 heteroatoms. The summed E-state index contributed by atoms with van der Waals surface area (Å²) in [5.41, 5.74) is 1.87. The Morgan fingerprint density at radius 3 is 2.71 bits per heavy atom. The number of amides is 1. The minimum absolute atomic E-state index is 0.0455. The van der Waals surface area contributed by atoms with Crippen molar-refractivity contribution in [1.82, 2.24) is 5.32 Å². The van der Waals surface area contributed by atoms with E-state index < -0.39 is 5.97 Å². The highest BCUT2D eigenvalue weighted by Gasteiger charge is 2.19. The minimum Gasteiger partial charge on any atom is -0.465 e. The van der Waals surface area contributed by atoms with Crippen molar-refractivity contribution in [2.24, 2.45) is 5.92 Å². The fourth-order valence-corrected chi connectivity index (χ4v) is 2.60. The Morgan fingerprint density at radius 1 is 1.33 bits per heavy atom. The Balaban J connectivity index is 2.04. The second-order valence-electron chi connectivity index (χ2n) is 5.49. The zero-order valence-corrected chi connectivity index (χ0v) is 12.6. The average molecular weight is 290 g/mol. The van der Waals surface area contributed by atoms with E-state index in [0.29, 0.717) is 23.6 Å². The van der Waals surface area contributed by atoms with Gasteiger partial charge in [-0.2, -0.15) is 0 Å². The van der Waals surface area contributed by atoms with Crippen LogP contribution in [0.15, 0.2) is 18.2 Å². The topological polar surface area (TPSA) is 67.4 Å². The summed E-state index contributed by atoms with van der Waals surface area (Å²) in [6.45, 7) is 3.83. The fourth-order valence-electron chi connectivity index (χ4n) is 2.60. The first-order valence-electron chi connectivity index (χ1n) is 7.29. The summed E-state index contributed by atoms with van der Waals surface area (Å²) in [5, 5.41) is 6.12. The highest BCUT2D eigenvalue weighted by atomic mass is 16.5. The van der Waals surface area contributed by atoms with E-state index in [1.54, 1.807) is 12.1 Å². The molecule has 0 aliphatic carbocycles. The van der Waals surface area contributed by atoms with Gasteiger partial charge < -0.3 is 15.4 Å². The molecule has 0 spiro atoms. The van der Waals surface area contributed by atoms with E-state index in [1.165, 1.54) is 7.11 Å². The van der Waals surface area contributed by atoms with Crippen molar-refractivity contribution in [1.29, 1.82) is 0 Å². The summed E-state index contributed by atoms with van der Waals surface area (Å²) in [5.74, 6) is -0.0648. The molecule has 1 aromatic carbocycles. The van der Waals surface area contributed by atoms with Gasteiger partial charge in [0, 0.05) is 6.42 Å². The number of hydrogen-bond donors (Lipinski definition) is 2. The molecule has 114 valence electrons. The van der Waals surface area contributed by atoms with Crippen molar-refractivity contribution in [3.05, 3.63) is 29.3 Å². The molecular formula is C16H22N2O3. The van der Waals surface area contributed by atoms with Crippen LogP contribution < -0.4 is 10.6 Å². The van der Waals surface area contributed by atoms with Gasteiger partial charge >= 0.3 is 5.97 Å². The number of methoxy groups -OCH3 is 1. The number of hydrogen-bond acceptors (Lipinski definition) is 4. The van der Waals surface area contributed by atoms with Crippen LogP contribution in [0.5, 0.6) is 0 Å². The molecule has 1 aromatic rings. The minimum atomic E-state index is -0.434. The van der Waals surface area contributed by atoms with Crippen LogP contribution in [0.4, 0.5) is 5.69 Å². The number of carbonyl (C=O) groups excluding carboxylic acids is 2. The predicted octanol–water partition coefficient (Wildman–Crippen LogP) is 2.11. The van der Waals surface area contributed by atoms with Gasteiger partial charge in [-0.1, -0.05) is 11.6 Å². The quantitative estimate of drug-likeness (QED) is 0.833. The van der Waals surface area contributed by atoms with Crippen LogP contribution in [0.1, 0.15) is 35.2 Å². The van der Waals surface area contributed by atoms with Gasteiger partial charge in [0.25, 0.3) is 0 Å². The zero-order chi connectivity index (χ0) is 15.2. The third-order valence-electron chi connectivity index (χ3n) is 3.79. The van der Waals surface area contributed by atoms with E-state index in [1.807, 2.05) is 13.0 Å². The van der Waals surface area contributed by atoms with Gasteiger partial charge in [-0.15, -0.1) is 0 Å². The van der Waals surface area contributed by atoms with Crippen LogP contribution in [0.2, 0.25) is 0 Å². The molecule has 21 heavy (non-hydrogen) atoms. The van der Waals surface area contributed by atoms with E-state index in [9.17, 15) is 9.59 Å². The summed E-state index contributed by atoms with van der Waals surface area (Å²) in [6.07, 6.45) is 2.53. The molecule has 1 fully saturated rings. The van der Waals surface area contributed by atoms with Crippen molar-refractivity contribution in [2.75, 3.05) is 25.5 Å². The summed E-state index contributed by atoms with van der Waals surface area (Å²) < 4.78 is 4.76. The number of ether oxygens (including phenoxy) is 1. The largest absolute Gasteiger partial charge is 0.465 e. The van der Waals surface area contributed by atoms with Crippen LogP contribution in [-0.4, -0.2) is 32.1 Å². The van der Waals surface area contributed by atoms with Gasteiger partial charge in [0.2, 0.25) is 5.91 Å². The van der Waals surface area contributed by atoms with E-state index in [0.717, 1.165) is 31.5 Å².